The van der Waals surface area contributed by atoms with Gasteiger partial charge in [0.2, 0.25) is 0 Å². The van der Waals surface area contributed by atoms with Crippen LogP contribution in [0.1, 0.15) is 48.5 Å². The third-order valence-electron chi connectivity index (χ3n) is 5.05. The number of rotatable bonds is 4. The maximum atomic E-state index is 4.16. The number of hydrogen-bond acceptors (Lipinski definition) is 1. The van der Waals surface area contributed by atoms with Crippen LogP contribution in [0, 0.1) is 0 Å². The summed E-state index contributed by atoms with van der Waals surface area (Å²) >= 11 is -2.22. The molecule has 1 rings (SSSR count). The van der Waals surface area contributed by atoms with E-state index in [0.717, 1.165) is 0 Å². The molecule has 20 heavy (non-hydrogen) atoms. The summed E-state index contributed by atoms with van der Waals surface area (Å²) in [4.78, 5) is 0. The second-order valence-corrected chi connectivity index (χ2v) is 19.9. The van der Waals surface area contributed by atoms with Crippen molar-refractivity contribution in [3.63, 3.8) is 0 Å². The quantitative estimate of drug-likeness (QED) is 0.680. The van der Waals surface area contributed by atoms with Crippen LogP contribution in [-0.4, -0.2) is 14.3 Å². The fourth-order valence-corrected chi connectivity index (χ4v) is 21.6. The van der Waals surface area contributed by atoms with E-state index >= 15 is 0 Å². The Morgan fingerprint density at radius 1 is 1.20 bits per heavy atom. The predicted molar refractivity (Wildman–Crippen MR) is 92.9 cm³/mol. The van der Waals surface area contributed by atoms with Crippen LogP contribution in [0.25, 0.3) is 0 Å². The third-order valence-corrected chi connectivity index (χ3v) is 20.8. The van der Waals surface area contributed by atoms with Crippen LogP contribution in [0.5, 0.6) is 0 Å². The van der Waals surface area contributed by atoms with Gasteiger partial charge < -0.3 is 0 Å². The van der Waals surface area contributed by atoms with Crippen molar-refractivity contribution in [3.05, 3.63) is 22.8 Å². The molecule has 0 aromatic heterocycles. The second kappa shape index (κ2) is 5.87. The molecule has 0 fully saturated rings. The number of allylic oxidation sites excluding steroid dienone is 4. The van der Waals surface area contributed by atoms with Gasteiger partial charge in [-0.2, -0.15) is 0 Å². The van der Waals surface area contributed by atoms with Gasteiger partial charge in [0.1, 0.15) is 0 Å². The molecule has 116 valence electrons. The molecular formula is C17H35NSiTi. The SMILES string of the molecule is CC1=C[C](C)([Ti]([CH3])([CH2][SiH](C)C)[NH]C(C)(C)C)C(C)=C1C. The van der Waals surface area contributed by atoms with E-state index in [-0.39, 0.29) is 5.54 Å². The maximum absolute atomic E-state index is 4.16. The van der Waals surface area contributed by atoms with E-state index in [9.17, 15) is 0 Å². The van der Waals surface area contributed by atoms with E-state index in [2.05, 4.69) is 76.7 Å². The summed E-state index contributed by atoms with van der Waals surface area (Å²) in [7, 11) is -0.584. The van der Waals surface area contributed by atoms with Crippen molar-refractivity contribution in [3.8, 4) is 0 Å². The van der Waals surface area contributed by atoms with Crippen molar-refractivity contribution < 1.29 is 16.8 Å². The van der Waals surface area contributed by atoms with Crippen molar-refractivity contribution in [2.75, 3.05) is 0 Å². The van der Waals surface area contributed by atoms with Crippen molar-refractivity contribution in [1.29, 1.82) is 0 Å². The Morgan fingerprint density at radius 3 is 2.00 bits per heavy atom. The Bertz CT molecular complexity index is 444. The molecule has 0 spiro atoms. The molecule has 1 aliphatic rings. The van der Waals surface area contributed by atoms with Crippen LogP contribution in [-0.2, 0) is 16.8 Å². The second-order valence-electron chi connectivity index (χ2n) is 8.58. The topological polar surface area (TPSA) is 12.0 Å². The van der Waals surface area contributed by atoms with Crippen LogP contribution >= 0.6 is 0 Å². The van der Waals surface area contributed by atoms with Gasteiger partial charge in [0.15, 0.2) is 0 Å². The van der Waals surface area contributed by atoms with E-state index in [1.54, 1.807) is 5.57 Å². The van der Waals surface area contributed by atoms with E-state index in [0.29, 0.717) is 3.72 Å². The van der Waals surface area contributed by atoms with Crippen LogP contribution in [0.2, 0.25) is 26.4 Å². The van der Waals surface area contributed by atoms with Gasteiger partial charge in [-0.3, -0.25) is 0 Å². The molecule has 0 aromatic rings. The predicted octanol–water partition coefficient (Wildman–Crippen LogP) is 5.41. The zero-order chi connectivity index (χ0) is 15.9. The average molecular weight is 329 g/mol. The summed E-state index contributed by atoms with van der Waals surface area (Å²) in [5.74, 6) is 0. The standard InChI is InChI=1S/C9H13.C4H10N.C3H9Si.CH3.Ti/c1-6-5-7(2)9(4)8(6)3;1-4(2,3)5;1-4(2)3;;/h5H,1-4H3;5H,1-3H3;4H,1H2,2-3H3;1H3;/q;-1;;;+1. The molecular weight excluding hydrogens is 294 g/mol. The molecule has 1 nitrogen and oxygen atoms in total. The first kappa shape index (κ1) is 18.4. The van der Waals surface area contributed by atoms with Crippen LogP contribution in [0.4, 0.5) is 0 Å². The first-order valence-electron chi connectivity index (χ1n) is 7.99. The first-order chi connectivity index (χ1) is 8.82. The Hall–Kier alpha value is 0.371. The Labute approximate surface area is 132 Å². The molecule has 2 unspecified atom stereocenters. The van der Waals surface area contributed by atoms with Crippen LogP contribution < -0.4 is 3.80 Å². The third kappa shape index (κ3) is 3.58. The molecule has 0 saturated carbocycles. The van der Waals surface area contributed by atoms with Crippen molar-refractivity contribution in [1.82, 2.24) is 3.80 Å². The molecule has 0 aromatic carbocycles. The summed E-state index contributed by atoms with van der Waals surface area (Å²) in [5.41, 5.74) is 4.89. The van der Waals surface area contributed by atoms with Crippen molar-refractivity contribution in [2.45, 2.75) is 80.4 Å². The van der Waals surface area contributed by atoms with Gasteiger partial charge in [0.25, 0.3) is 0 Å². The molecule has 0 saturated heterocycles. The zero-order valence-electron chi connectivity index (χ0n) is 15.4. The Morgan fingerprint density at radius 2 is 1.70 bits per heavy atom. The van der Waals surface area contributed by atoms with Gasteiger partial charge in [-0.05, 0) is 0 Å². The molecule has 0 heterocycles. The summed E-state index contributed by atoms with van der Waals surface area (Å²) in [6.45, 7) is 21.5. The summed E-state index contributed by atoms with van der Waals surface area (Å²) in [6.07, 6.45) is 2.59. The normalized spacial score (nSPS) is 27.1. The van der Waals surface area contributed by atoms with E-state index in [1.165, 1.54) is 15.5 Å². The van der Waals surface area contributed by atoms with Gasteiger partial charge >= 0.3 is 133 Å². The van der Waals surface area contributed by atoms with Crippen molar-refractivity contribution in [2.24, 2.45) is 0 Å². The fourth-order valence-electron chi connectivity index (χ4n) is 3.94. The molecule has 0 amide bonds. The minimum absolute atomic E-state index is 0.222. The molecule has 0 bridgehead atoms. The van der Waals surface area contributed by atoms with Crippen LogP contribution in [0.3, 0.4) is 0 Å². The van der Waals surface area contributed by atoms with Gasteiger partial charge in [-0.25, -0.2) is 0 Å². The van der Waals surface area contributed by atoms with Crippen LogP contribution in [0.15, 0.2) is 22.8 Å². The average Bonchev–Trinajstić information content (AvgIpc) is 2.40. The summed E-state index contributed by atoms with van der Waals surface area (Å²) in [6, 6.07) is 0. The van der Waals surface area contributed by atoms with Crippen molar-refractivity contribution >= 4 is 8.80 Å². The van der Waals surface area contributed by atoms with Gasteiger partial charge in [0.05, 0.1) is 0 Å². The monoisotopic (exact) mass is 329 g/mol. The zero-order valence-corrected chi connectivity index (χ0v) is 18.1. The number of hydrogen-bond donors (Lipinski definition) is 1. The van der Waals surface area contributed by atoms with E-state index in [4.69, 9.17) is 0 Å². The van der Waals surface area contributed by atoms with Gasteiger partial charge in [0, 0.05) is 0 Å². The molecule has 0 radical (unpaired) electrons. The molecule has 1 N–H and O–H groups in total. The summed E-state index contributed by atoms with van der Waals surface area (Å²) in [5, 5.41) is 2.63. The Balaban J connectivity index is 3.32. The van der Waals surface area contributed by atoms with Gasteiger partial charge in [-0.1, -0.05) is 0 Å². The fraction of sp³-hybridized carbons (Fsp3) is 0.765. The van der Waals surface area contributed by atoms with E-state index < -0.39 is 25.6 Å². The molecule has 0 aliphatic heterocycles. The Kier molecular flexibility index (Phi) is 5.41. The summed E-state index contributed by atoms with van der Waals surface area (Å²) < 4.78 is 5.98. The molecule has 2 atom stereocenters. The minimum atomic E-state index is -2.22. The first-order valence-corrected chi connectivity index (χ1v) is 15.3. The number of nitrogens with one attached hydrogen (secondary N) is 1. The van der Waals surface area contributed by atoms with E-state index in [1.807, 2.05) is 0 Å². The van der Waals surface area contributed by atoms with Gasteiger partial charge in [-0.15, -0.1) is 0 Å². The molecule has 1 aliphatic carbocycles. The molecule has 3 heteroatoms.